The summed E-state index contributed by atoms with van der Waals surface area (Å²) < 4.78 is 15.8. The molecule has 1 atom stereocenters. The summed E-state index contributed by atoms with van der Waals surface area (Å²) in [6.07, 6.45) is 0.728. The van der Waals surface area contributed by atoms with E-state index in [1.165, 1.54) is 25.5 Å². The van der Waals surface area contributed by atoms with E-state index in [1.54, 1.807) is 22.7 Å². The van der Waals surface area contributed by atoms with Gasteiger partial charge in [0.05, 0.1) is 6.54 Å². The van der Waals surface area contributed by atoms with Gasteiger partial charge in [0.1, 0.15) is 6.61 Å². The Labute approximate surface area is 197 Å². The minimum Gasteiger partial charge on any atom is -0.462 e. The summed E-state index contributed by atoms with van der Waals surface area (Å²) in [6, 6.07) is 7.14. The van der Waals surface area contributed by atoms with E-state index >= 15 is 0 Å². The van der Waals surface area contributed by atoms with Crippen LogP contribution in [-0.4, -0.2) is 47.7 Å². The first kappa shape index (κ1) is 23.3. The van der Waals surface area contributed by atoms with Gasteiger partial charge in [-0.3, -0.25) is 32.5 Å². The molecule has 4 rings (SSSR count). The number of hydrogen-bond acceptors (Lipinski definition) is 7. The maximum atomic E-state index is 13.5. The number of hydrogen-bond donors (Lipinski definition) is 0. The van der Waals surface area contributed by atoms with E-state index < -0.39 is 29.3 Å². The van der Waals surface area contributed by atoms with Crippen molar-refractivity contribution in [3.8, 4) is 5.69 Å². The Morgan fingerprint density at radius 1 is 1.12 bits per heavy atom. The molecule has 12 heteroatoms. The van der Waals surface area contributed by atoms with Crippen molar-refractivity contribution in [1.82, 2.24) is 23.1 Å². The molecule has 0 spiro atoms. The number of esters is 2. The lowest BCUT2D eigenvalue weighted by Crippen LogP contribution is -2.43. The Balaban J connectivity index is 1.89. The minimum absolute atomic E-state index is 0.182. The zero-order valence-corrected chi connectivity index (χ0v) is 19.7. The first-order chi connectivity index (χ1) is 16.1. The molecule has 3 aromatic heterocycles. The monoisotopic (exact) mass is 487 g/mol. The number of imidazole rings is 2. The van der Waals surface area contributed by atoms with Crippen LogP contribution in [0.15, 0.2) is 40.1 Å². The number of carbonyl (C=O) groups is 2. The Hall–Kier alpha value is -3.86. The van der Waals surface area contributed by atoms with Crippen molar-refractivity contribution in [3.63, 3.8) is 0 Å². The minimum atomic E-state index is -1.02. The summed E-state index contributed by atoms with van der Waals surface area (Å²) in [7, 11) is 1.50. The molecule has 11 nitrogen and oxygen atoms in total. The van der Waals surface area contributed by atoms with Gasteiger partial charge in [-0.1, -0.05) is 11.6 Å². The predicted octanol–water partition coefficient (Wildman–Crippen LogP) is 1.60. The Bertz CT molecular complexity index is 1540. The fourth-order valence-corrected chi connectivity index (χ4v) is 3.98. The second-order valence-corrected chi connectivity index (χ2v) is 8.26. The zero-order chi connectivity index (χ0) is 24.7. The molecule has 178 valence electrons. The SMILES string of the molecule is CC(=O)OCC(Cn1c(=O)c2c(nc3n(-c4ccc(Cl)cc4)c(C)cn23)n(C)c1=O)OC(C)=O. The van der Waals surface area contributed by atoms with Crippen molar-refractivity contribution in [1.29, 1.82) is 0 Å². The highest BCUT2D eigenvalue weighted by molar-refractivity contribution is 6.30. The number of ether oxygens (including phenoxy) is 2. The van der Waals surface area contributed by atoms with Crippen molar-refractivity contribution in [2.75, 3.05) is 6.61 Å². The molecule has 0 aliphatic heterocycles. The van der Waals surface area contributed by atoms with Gasteiger partial charge in [0.25, 0.3) is 5.56 Å². The molecule has 0 aliphatic carbocycles. The lowest BCUT2D eigenvalue weighted by atomic mass is 10.3. The van der Waals surface area contributed by atoms with Crippen LogP contribution in [0.5, 0.6) is 0 Å². The van der Waals surface area contributed by atoms with Crippen LogP contribution in [0.4, 0.5) is 0 Å². The van der Waals surface area contributed by atoms with E-state index in [4.69, 9.17) is 21.1 Å². The van der Waals surface area contributed by atoms with E-state index in [2.05, 4.69) is 4.98 Å². The molecule has 0 saturated carbocycles. The largest absolute Gasteiger partial charge is 0.462 e. The fraction of sp³-hybridized carbons (Fsp3) is 0.318. The number of fused-ring (bicyclic) bond motifs is 3. The summed E-state index contributed by atoms with van der Waals surface area (Å²) in [5, 5.41) is 0.583. The van der Waals surface area contributed by atoms with Crippen LogP contribution in [0, 0.1) is 6.92 Å². The number of nitrogens with zero attached hydrogens (tertiary/aromatic N) is 5. The quantitative estimate of drug-likeness (QED) is 0.379. The molecule has 0 N–H and O–H groups in total. The molecule has 0 bridgehead atoms. The third-order valence-electron chi connectivity index (χ3n) is 5.30. The number of rotatable bonds is 6. The molecule has 0 saturated heterocycles. The third kappa shape index (κ3) is 4.10. The van der Waals surface area contributed by atoms with Crippen LogP contribution in [-0.2, 0) is 32.7 Å². The van der Waals surface area contributed by atoms with Gasteiger partial charge in [0.15, 0.2) is 17.3 Å². The highest BCUT2D eigenvalue weighted by Crippen LogP contribution is 2.22. The first-order valence-corrected chi connectivity index (χ1v) is 10.7. The number of halogens is 1. The molecule has 0 aliphatic rings. The summed E-state index contributed by atoms with van der Waals surface area (Å²) in [4.78, 5) is 53.8. The third-order valence-corrected chi connectivity index (χ3v) is 5.55. The van der Waals surface area contributed by atoms with Crippen LogP contribution >= 0.6 is 11.6 Å². The summed E-state index contributed by atoms with van der Waals surface area (Å²) in [5.41, 5.74) is 0.717. The van der Waals surface area contributed by atoms with Crippen LogP contribution in [0.1, 0.15) is 19.5 Å². The topological polar surface area (TPSA) is 119 Å². The van der Waals surface area contributed by atoms with Gasteiger partial charge < -0.3 is 9.47 Å². The highest BCUT2D eigenvalue weighted by atomic mass is 35.5. The Kier molecular flexibility index (Phi) is 6.05. The van der Waals surface area contributed by atoms with E-state index in [0.717, 1.165) is 15.9 Å². The molecule has 1 aromatic carbocycles. The van der Waals surface area contributed by atoms with Gasteiger partial charge in [0.2, 0.25) is 5.78 Å². The van der Waals surface area contributed by atoms with E-state index in [1.807, 2.05) is 23.6 Å². The molecule has 4 aromatic rings. The van der Waals surface area contributed by atoms with Crippen LogP contribution in [0.25, 0.3) is 22.6 Å². The normalized spacial score (nSPS) is 12.3. The van der Waals surface area contributed by atoms with Gasteiger partial charge in [-0.2, -0.15) is 4.98 Å². The lowest BCUT2D eigenvalue weighted by Gasteiger charge is -2.18. The van der Waals surface area contributed by atoms with Crippen molar-refractivity contribution in [3.05, 3.63) is 62.0 Å². The molecular weight excluding hydrogens is 466 g/mol. The van der Waals surface area contributed by atoms with Crippen LogP contribution in [0.2, 0.25) is 5.02 Å². The molecular formula is C22H22ClN5O6. The number of benzene rings is 1. The van der Waals surface area contributed by atoms with E-state index in [0.29, 0.717) is 10.8 Å². The number of aryl methyl sites for hydroxylation is 2. The van der Waals surface area contributed by atoms with Crippen molar-refractivity contribution in [2.45, 2.75) is 33.4 Å². The van der Waals surface area contributed by atoms with Gasteiger partial charge in [-0.15, -0.1) is 0 Å². The van der Waals surface area contributed by atoms with Crippen molar-refractivity contribution < 1.29 is 19.1 Å². The lowest BCUT2D eigenvalue weighted by molar-refractivity contribution is -0.157. The van der Waals surface area contributed by atoms with Gasteiger partial charge in [-0.25, -0.2) is 4.79 Å². The zero-order valence-electron chi connectivity index (χ0n) is 18.9. The Morgan fingerprint density at radius 2 is 1.79 bits per heavy atom. The summed E-state index contributed by atoms with van der Waals surface area (Å²) >= 11 is 6.01. The fourth-order valence-electron chi connectivity index (χ4n) is 3.85. The molecule has 34 heavy (non-hydrogen) atoms. The molecule has 0 fully saturated rings. The highest BCUT2D eigenvalue weighted by Gasteiger charge is 2.24. The van der Waals surface area contributed by atoms with Crippen LogP contribution < -0.4 is 11.2 Å². The molecule has 3 heterocycles. The average molecular weight is 488 g/mol. The summed E-state index contributed by atoms with van der Waals surface area (Å²) in [6.45, 7) is 3.67. The van der Waals surface area contributed by atoms with E-state index in [-0.39, 0.29) is 24.3 Å². The predicted molar refractivity (Wildman–Crippen MR) is 123 cm³/mol. The number of aromatic nitrogens is 5. The van der Waals surface area contributed by atoms with Crippen molar-refractivity contribution >= 4 is 40.5 Å². The molecule has 0 radical (unpaired) electrons. The smallest absolute Gasteiger partial charge is 0.332 e. The van der Waals surface area contributed by atoms with Crippen molar-refractivity contribution in [2.24, 2.45) is 7.05 Å². The van der Waals surface area contributed by atoms with Gasteiger partial charge in [-0.05, 0) is 31.2 Å². The van der Waals surface area contributed by atoms with Gasteiger partial charge in [0, 0.05) is 43.5 Å². The second-order valence-electron chi connectivity index (χ2n) is 7.83. The van der Waals surface area contributed by atoms with E-state index in [9.17, 15) is 19.2 Å². The maximum Gasteiger partial charge on any atom is 0.332 e. The van der Waals surface area contributed by atoms with Crippen LogP contribution in [0.3, 0.4) is 0 Å². The second kappa shape index (κ2) is 8.82. The van der Waals surface area contributed by atoms with Gasteiger partial charge >= 0.3 is 17.6 Å². The average Bonchev–Trinajstić information content (AvgIpc) is 3.28. The summed E-state index contributed by atoms with van der Waals surface area (Å²) in [5.74, 6) is -0.772. The molecule has 1 unspecified atom stereocenters. The number of carbonyl (C=O) groups excluding carboxylic acids is 2. The standard InChI is InChI=1S/C22H22ClN5O6/c1-12-9-26-18-19(24-21(26)28(12)16-7-5-15(23)6-8-16)25(4)22(32)27(20(18)31)10-17(34-14(3)30)11-33-13(2)29/h5-9,17H,10-11H2,1-4H3. The molecule has 0 amide bonds. The first-order valence-electron chi connectivity index (χ1n) is 10.3. The Morgan fingerprint density at radius 3 is 2.41 bits per heavy atom. The maximum absolute atomic E-state index is 13.5.